The summed E-state index contributed by atoms with van der Waals surface area (Å²) in [6.45, 7) is 0. The molecule has 0 heterocycles. The Morgan fingerprint density at radius 1 is 0.688 bits per heavy atom. The monoisotopic (exact) mass is 454 g/mol. The van der Waals surface area contributed by atoms with Crippen molar-refractivity contribution >= 4 is 0 Å². The van der Waals surface area contributed by atoms with Gasteiger partial charge in [-0.15, -0.1) is 13.2 Å². The molecule has 1 atom stereocenters. The molecule has 0 saturated carbocycles. The predicted molar refractivity (Wildman–Crippen MR) is 108 cm³/mol. The molecule has 0 amide bonds. The van der Waals surface area contributed by atoms with Gasteiger partial charge in [-0.05, 0) is 66.8 Å². The summed E-state index contributed by atoms with van der Waals surface area (Å²) in [6, 6.07) is 20.1. The van der Waals surface area contributed by atoms with E-state index >= 15 is 0 Å². The van der Waals surface area contributed by atoms with Gasteiger partial charge in [0.2, 0.25) is 0 Å². The van der Waals surface area contributed by atoms with Gasteiger partial charge < -0.3 is 9.47 Å². The van der Waals surface area contributed by atoms with Crippen molar-refractivity contribution in [1.82, 2.24) is 0 Å². The fourth-order valence-corrected chi connectivity index (χ4v) is 3.32. The molecular formula is C24H20F6O2. The van der Waals surface area contributed by atoms with Crippen molar-refractivity contribution in [3.8, 4) is 17.2 Å². The summed E-state index contributed by atoms with van der Waals surface area (Å²) in [5.41, 5.74) is 0.724. The third kappa shape index (κ3) is 7.21. The largest absolute Gasteiger partial charge is 0.573 e. The summed E-state index contributed by atoms with van der Waals surface area (Å²) in [4.78, 5) is 0. The van der Waals surface area contributed by atoms with Crippen LogP contribution in [0.5, 0.6) is 17.2 Å². The Morgan fingerprint density at radius 3 is 1.97 bits per heavy atom. The fourth-order valence-electron chi connectivity index (χ4n) is 3.32. The first-order chi connectivity index (χ1) is 15.1. The van der Waals surface area contributed by atoms with E-state index in [1.807, 2.05) is 24.3 Å². The summed E-state index contributed by atoms with van der Waals surface area (Å²) in [5, 5.41) is 0. The molecule has 0 spiro atoms. The normalized spacial score (nSPS) is 12.9. The Labute approximate surface area is 181 Å². The van der Waals surface area contributed by atoms with Gasteiger partial charge in [0.15, 0.2) is 0 Å². The molecule has 3 aromatic carbocycles. The fraction of sp³-hybridized carbons (Fsp3) is 0.250. The minimum Gasteiger partial charge on any atom is -0.457 e. The highest BCUT2D eigenvalue weighted by Gasteiger charge is 2.40. The van der Waals surface area contributed by atoms with Crippen LogP contribution in [0.3, 0.4) is 0 Å². The van der Waals surface area contributed by atoms with Gasteiger partial charge in [-0.3, -0.25) is 0 Å². The van der Waals surface area contributed by atoms with E-state index in [-0.39, 0.29) is 18.4 Å². The smallest absolute Gasteiger partial charge is 0.457 e. The molecule has 3 aromatic rings. The second-order valence-electron chi connectivity index (χ2n) is 7.17. The van der Waals surface area contributed by atoms with Crippen molar-refractivity contribution in [2.75, 3.05) is 0 Å². The minimum atomic E-state index is -4.90. The van der Waals surface area contributed by atoms with Crippen LogP contribution in [0.25, 0.3) is 0 Å². The maximum atomic E-state index is 13.6. The van der Waals surface area contributed by atoms with Crippen molar-refractivity contribution in [1.29, 1.82) is 0 Å². The van der Waals surface area contributed by atoms with Crippen molar-refractivity contribution in [2.45, 2.75) is 37.7 Å². The van der Waals surface area contributed by atoms with Crippen LogP contribution in [0.1, 0.15) is 29.9 Å². The number of benzene rings is 3. The Kier molecular flexibility index (Phi) is 7.33. The van der Waals surface area contributed by atoms with Crippen molar-refractivity contribution in [3.63, 3.8) is 0 Å². The zero-order chi connectivity index (χ0) is 23.2. The molecule has 8 heteroatoms. The average molecular weight is 454 g/mol. The maximum absolute atomic E-state index is 13.6. The van der Waals surface area contributed by atoms with E-state index in [4.69, 9.17) is 4.74 Å². The summed E-state index contributed by atoms with van der Waals surface area (Å²) in [5.74, 6) is -1.11. The Bertz CT molecular complexity index is 982. The number of rotatable bonds is 8. The van der Waals surface area contributed by atoms with Crippen LogP contribution in [0.15, 0.2) is 78.9 Å². The molecule has 0 aliphatic rings. The lowest BCUT2D eigenvalue weighted by Gasteiger charge is -2.21. The molecule has 2 nitrogen and oxygen atoms in total. The quantitative estimate of drug-likeness (QED) is 0.321. The molecule has 0 aliphatic heterocycles. The molecule has 170 valence electrons. The summed E-state index contributed by atoms with van der Waals surface area (Å²) < 4.78 is 87.0. The lowest BCUT2D eigenvalue weighted by Crippen LogP contribution is -2.21. The second kappa shape index (κ2) is 9.97. The van der Waals surface area contributed by atoms with E-state index in [0.29, 0.717) is 17.9 Å². The number of hydrogen-bond donors (Lipinski definition) is 0. The zero-order valence-electron chi connectivity index (χ0n) is 16.8. The first-order valence-electron chi connectivity index (χ1n) is 9.84. The first-order valence-corrected chi connectivity index (χ1v) is 9.84. The van der Waals surface area contributed by atoms with E-state index in [2.05, 4.69) is 4.74 Å². The topological polar surface area (TPSA) is 18.5 Å². The number of halogens is 6. The van der Waals surface area contributed by atoms with Gasteiger partial charge in [0.25, 0.3) is 0 Å². The second-order valence-corrected chi connectivity index (χ2v) is 7.17. The molecule has 0 fully saturated rings. The van der Waals surface area contributed by atoms with Crippen LogP contribution in [0.2, 0.25) is 0 Å². The zero-order valence-corrected chi connectivity index (χ0v) is 16.8. The molecule has 0 saturated heterocycles. The van der Waals surface area contributed by atoms with Crippen LogP contribution < -0.4 is 9.47 Å². The van der Waals surface area contributed by atoms with Gasteiger partial charge in [0.1, 0.15) is 17.2 Å². The molecule has 1 unspecified atom stereocenters. The Balaban J connectivity index is 1.62. The number of aryl methyl sites for hydroxylation is 1. The predicted octanol–water partition coefficient (Wildman–Crippen LogP) is 8.05. The Hall–Kier alpha value is -3.16. The molecule has 0 aliphatic carbocycles. The van der Waals surface area contributed by atoms with Gasteiger partial charge >= 0.3 is 12.5 Å². The number of para-hydroxylation sites is 1. The molecule has 0 bridgehead atoms. The van der Waals surface area contributed by atoms with Gasteiger partial charge in [0, 0.05) is 0 Å². The first kappa shape index (κ1) is 23.5. The van der Waals surface area contributed by atoms with E-state index in [1.165, 1.54) is 0 Å². The highest BCUT2D eigenvalue weighted by Crippen LogP contribution is 2.39. The summed E-state index contributed by atoms with van der Waals surface area (Å²) >= 11 is 0. The van der Waals surface area contributed by atoms with Crippen LogP contribution in [-0.4, -0.2) is 12.5 Å². The van der Waals surface area contributed by atoms with Crippen LogP contribution in [0, 0.1) is 0 Å². The molecule has 0 N–H and O–H groups in total. The number of hydrogen-bond acceptors (Lipinski definition) is 2. The highest BCUT2D eigenvalue weighted by atomic mass is 19.4. The molecule has 0 radical (unpaired) electrons. The third-order valence-electron chi connectivity index (χ3n) is 4.75. The van der Waals surface area contributed by atoms with Gasteiger partial charge in [0.05, 0.1) is 5.92 Å². The van der Waals surface area contributed by atoms with E-state index < -0.39 is 24.2 Å². The third-order valence-corrected chi connectivity index (χ3v) is 4.75. The average Bonchev–Trinajstić information content (AvgIpc) is 2.71. The molecular weight excluding hydrogens is 434 g/mol. The SMILES string of the molecule is FC(F)(F)Oc1ccc(C(CCCc2cccc(Oc3ccccc3)c2)C(F)(F)F)cc1. The van der Waals surface area contributed by atoms with Crippen LogP contribution in [-0.2, 0) is 6.42 Å². The lowest BCUT2D eigenvalue weighted by atomic mass is 9.92. The minimum absolute atomic E-state index is 0.104. The molecule has 32 heavy (non-hydrogen) atoms. The van der Waals surface area contributed by atoms with Crippen molar-refractivity contribution in [2.24, 2.45) is 0 Å². The number of alkyl halides is 6. The van der Waals surface area contributed by atoms with Gasteiger partial charge in [-0.25, -0.2) is 0 Å². The van der Waals surface area contributed by atoms with Gasteiger partial charge in [-0.1, -0.05) is 42.5 Å². The van der Waals surface area contributed by atoms with Crippen molar-refractivity contribution in [3.05, 3.63) is 90.0 Å². The summed E-state index contributed by atoms with van der Waals surface area (Å²) in [6.07, 6.45) is -8.99. The summed E-state index contributed by atoms with van der Waals surface area (Å²) in [7, 11) is 0. The molecule has 3 rings (SSSR count). The van der Waals surface area contributed by atoms with Crippen LogP contribution >= 0.6 is 0 Å². The number of ether oxygens (including phenoxy) is 2. The van der Waals surface area contributed by atoms with Crippen molar-refractivity contribution < 1.29 is 35.8 Å². The highest BCUT2D eigenvalue weighted by molar-refractivity contribution is 5.34. The molecule has 0 aromatic heterocycles. The van der Waals surface area contributed by atoms with E-state index in [1.54, 1.807) is 30.3 Å². The van der Waals surface area contributed by atoms with Crippen LogP contribution in [0.4, 0.5) is 26.3 Å². The lowest BCUT2D eigenvalue weighted by molar-refractivity contribution is -0.274. The van der Waals surface area contributed by atoms with E-state index in [0.717, 1.165) is 29.8 Å². The van der Waals surface area contributed by atoms with E-state index in [9.17, 15) is 26.3 Å². The maximum Gasteiger partial charge on any atom is 0.573 e. The van der Waals surface area contributed by atoms with Gasteiger partial charge in [-0.2, -0.15) is 13.2 Å². The Morgan fingerprint density at radius 2 is 1.34 bits per heavy atom. The standard InChI is InChI=1S/C24H20F6O2/c25-23(26,27)22(18-12-14-20(15-13-18)32-24(28,29)30)11-5-7-17-6-4-10-21(16-17)31-19-8-2-1-3-9-19/h1-4,6,8-10,12-16,22H,5,7,11H2.